The Morgan fingerprint density at radius 3 is 2.25 bits per heavy atom. The lowest BCUT2D eigenvalue weighted by Gasteiger charge is -2.20. The Labute approximate surface area is 163 Å². The SMILES string of the molecule is CC(C)(C)NC(=O)c1ccc(NC(=O)Cc2ccc(-n3cnnn3)cc2)cc1. The van der Waals surface area contributed by atoms with Crippen molar-refractivity contribution in [1.82, 2.24) is 25.5 Å². The molecule has 0 atom stereocenters. The van der Waals surface area contributed by atoms with E-state index in [4.69, 9.17) is 0 Å². The highest BCUT2D eigenvalue weighted by Crippen LogP contribution is 2.13. The van der Waals surface area contributed by atoms with Crippen molar-refractivity contribution in [3.05, 3.63) is 66.0 Å². The van der Waals surface area contributed by atoms with Gasteiger partial charge in [-0.25, -0.2) is 4.68 Å². The van der Waals surface area contributed by atoms with Gasteiger partial charge in [-0.3, -0.25) is 9.59 Å². The van der Waals surface area contributed by atoms with Gasteiger partial charge in [0.05, 0.1) is 12.1 Å². The molecule has 0 bridgehead atoms. The number of rotatable bonds is 5. The molecule has 2 N–H and O–H groups in total. The standard InChI is InChI=1S/C20H22N6O2/c1-20(2,3)23-19(28)15-6-8-16(9-7-15)22-18(27)12-14-4-10-17(11-5-14)26-13-21-24-25-26/h4-11,13H,12H2,1-3H3,(H,22,27)(H,23,28). The molecule has 0 aliphatic carbocycles. The molecule has 0 unspecified atom stereocenters. The maximum absolute atomic E-state index is 12.3. The van der Waals surface area contributed by atoms with Crippen molar-refractivity contribution in [2.45, 2.75) is 32.7 Å². The van der Waals surface area contributed by atoms with Crippen molar-refractivity contribution in [2.24, 2.45) is 0 Å². The minimum atomic E-state index is -0.302. The van der Waals surface area contributed by atoms with Gasteiger partial charge in [0.2, 0.25) is 5.91 Å². The third kappa shape index (κ3) is 5.23. The van der Waals surface area contributed by atoms with Crippen LogP contribution in [0.25, 0.3) is 5.69 Å². The molecule has 3 rings (SSSR count). The zero-order valence-corrected chi connectivity index (χ0v) is 16.0. The molecule has 8 nitrogen and oxygen atoms in total. The molecule has 2 aromatic carbocycles. The van der Waals surface area contributed by atoms with Crippen LogP contribution in [0.3, 0.4) is 0 Å². The largest absolute Gasteiger partial charge is 0.347 e. The average molecular weight is 378 g/mol. The Balaban J connectivity index is 1.57. The van der Waals surface area contributed by atoms with Crippen molar-refractivity contribution in [1.29, 1.82) is 0 Å². The summed E-state index contributed by atoms with van der Waals surface area (Å²) in [6.45, 7) is 5.78. The summed E-state index contributed by atoms with van der Waals surface area (Å²) < 4.78 is 1.54. The highest BCUT2D eigenvalue weighted by molar-refractivity contribution is 5.96. The number of carbonyl (C=O) groups excluding carboxylic acids is 2. The highest BCUT2D eigenvalue weighted by atomic mass is 16.2. The number of nitrogens with zero attached hydrogens (tertiary/aromatic N) is 4. The summed E-state index contributed by atoms with van der Waals surface area (Å²) in [4.78, 5) is 24.4. The van der Waals surface area contributed by atoms with E-state index in [1.165, 1.54) is 6.33 Å². The number of amides is 2. The topological polar surface area (TPSA) is 102 Å². The van der Waals surface area contributed by atoms with Gasteiger partial charge in [-0.1, -0.05) is 12.1 Å². The van der Waals surface area contributed by atoms with Crippen molar-refractivity contribution >= 4 is 17.5 Å². The summed E-state index contributed by atoms with van der Waals surface area (Å²) in [6, 6.07) is 14.2. The fraction of sp³-hybridized carbons (Fsp3) is 0.250. The second-order valence-electron chi connectivity index (χ2n) is 7.43. The number of carbonyl (C=O) groups is 2. The predicted octanol–water partition coefficient (Wildman–Crippen LogP) is 2.37. The maximum Gasteiger partial charge on any atom is 0.251 e. The lowest BCUT2D eigenvalue weighted by Crippen LogP contribution is -2.40. The maximum atomic E-state index is 12.3. The zero-order chi connectivity index (χ0) is 20.1. The molecule has 0 aliphatic heterocycles. The lowest BCUT2D eigenvalue weighted by molar-refractivity contribution is -0.115. The van der Waals surface area contributed by atoms with Gasteiger partial charge in [0.1, 0.15) is 6.33 Å². The van der Waals surface area contributed by atoms with E-state index in [1.54, 1.807) is 28.9 Å². The molecular formula is C20H22N6O2. The van der Waals surface area contributed by atoms with Crippen LogP contribution in [-0.4, -0.2) is 37.6 Å². The van der Waals surface area contributed by atoms with Gasteiger partial charge in [-0.05, 0) is 73.2 Å². The van der Waals surface area contributed by atoms with Gasteiger partial charge in [0.15, 0.2) is 0 Å². The first-order valence-corrected chi connectivity index (χ1v) is 8.85. The lowest BCUT2D eigenvalue weighted by atomic mass is 10.1. The molecule has 8 heteroatoms. The summed E-state index contributed by atoms with van der Waals surface area (Å²) in [5.41, 5.74) is 2.58. The van der Waals surface area contributed by atoms with Crippen LogP contribution in [0.1, 0.15) is 36.7 Å². The van der Waals surface area contributed by atoms with Crippen molar-refractivity contribution < 1.29 is 9.59 Å². The predicted molar refractivity (Wildman–Crippen MR) is 105 cm³/mol. The van der Waals surface area contributed by atoms with Crippen LogP contribution in [0.4, 0.5) is 5.69 Å². The quantitative estimate of drug-likeness (QED) is 0.710. The summed E-state index contributed by atoms with van der Waals surface area (Å²) in [5.74, 6) is -0.282. The number of aromatic nitrogens is 4. The van der Waals surface area contributed by atoms with Gasteiger partial charge < -0.3 is 10.6 Å². The van der Waals surface area contributed by atoms with Crippen LogP contribution >= 0.6 is 0 Å². The van der Waals surface area contributed by atoms with Gasteiger partial charge >= 0.3 is 0 Å². The van der Waals surface area contributed by atoms with Crippen LogP contribution in [0.15, 0.2) is 54.9 Å². The molecule has 0 saturated heterocycles. The number of nitrogens with one attached hydrogen (secondary N) is 2. The van der Waals surface area contributed by atoms with E-state index in [-0.39, 0.29) is 23.8 Å². The zero-order valence-electron chi connectivity index (χ0n) is 16.0. The molecular weight excluding hydrogens is 356 g/mol. The van der Waals surface area contributed by atoms with Crippen molar-refractivity contribution in [2.75, 3.05) is 5.32 Å². The molecule has 1 heterocycles. The van der Waals surface area contributed by atoms with E-state index in [2.05, 4.69) is 26.2 Å². The summed E-state index contributed by atoms with van der Waals surface area (Å²) >= 11 is 0. The smallest absolute Gasteiger partial charge is 0.251 e. The van der Waals surface area contributed by atoms with Crippen molar-refractivity contribution in [3.63, 3.8) is 0 Å². The van der Waals surface area contributed by atoms with E-state index >= 15 is 0 Å². The van der Waals surface area contributed by atoms with Crippen LogP contribution in [0.5, 0.6) is 0 Å². The molecule has 144 valence electrons. The van der Waals surface area contributed by atoms with E-state index in [1.807, 2.05) is 45.0 Å². The number of hydrogen-bond donors (Lipinski definition) is 2. The number of hydrogen-bond acceptors (Lipinski definition) is 5. The Hall–Kier alpha value is -3.55. The van der Waals surface area contributed by atoms with Crippen LogP contribution < -0.4 is 10.6 Å². The molecule has 0 saturated carbocycles. The Bertz CT molecular complexity index is 942. The number of tetrazole rings is 1. The molecule has 0 radical (unpaired) electrons. The van der Waals surface area contributed by atoms with Gasteiger partial charge in [-0.2, -0.15) is 0 Å². The second-order valence-corrected chi connectivity index (χ2v) is 7.43. The Kier molecular flexibility index (Phi) is 5.49. The minimum Gasteiger partial charge on any atom is -0.347 e. The van der Waals surface area contributed by atoms with Crippen LogP contribution in [0.2, 0.25) is 0 Å². The first-order chi connectivity index (χ1) is 13.3. The van der Waals surface area contributed by atoms with E-state index in [9.17, 15) is 9.59 Å². The molecule has 0 fully saturated rings. The number of benzene rings is 2. The van der Waals surface area contributed by atoms with Gasteiger partial charge in [-0.15, -0.1) is 5.10 Å². The number of anilines is 1. The Morgan fingerprint density at radius 2 is 1.68 bits per heavy atom. The van der Waals surface area contributed by atoms with Crippen LogP contribution in [0, 0.1) is 0 Å². The average Bonchev–Trinajstić information content (AvgIpc) is 3.16. The highest BCUT2D eigenvalue weighted by Gasteiger charge is 2.15. The monoisotopic (exact) mass is 378 g/mol. The first kappa shape index (κ1) is 19.2. The fourth-order valence-electron chi connectivity index (χ4n) is 2.55. The van der Waals surface area contributed by atoms with E-state index in [0.717, 1.165) is 11.3 Å². The molecule has 28 heavy (non-hydrogen) atoms. The Morgan fingerprint density at radius 1 is 1.00 bits per heavy atom. The third-order valence-corrected chi connectivity index (χ3v) is 3.83. The summed E-state index contributed by atoms with van der Waals surface area (Å²) in [5, 5.41) is 16.7. The van der Waals surface area contributed by atoms with Gasteiger partial charge in [0.25, 0.3) is 5.91 Å². The fourth-order valence-corrected chi connectivity index (χ4v) is 2.55. The third-order valence-electron chi connectivity index (χ3n) is 3.83. The normalized spacial score (nSPS) is 11.1. The summed E-state index contributed by atoms with van der Waals surface area (Å²) in [6.07, 6.45) is 1.75. The van der Waals surface area contributed by atoms with Gasteiger partial charge in [0, 0.05) is 16.8 Å². The van der Waals surface area contributed by atoms with Crippen molar-refractivity contribution in [3.8, 4) is 5.69 Å². The molecule has 2 amide bonds. The molecule has 1 aromatic heterocycles. The summed E-state index contributed by atoms with van der Waals surface area (Å²) in [7, 11) is 0. The first-order valence-electron chi connectivity index (χ1n) is 8.85. The molecule has 3 aromatic rings. The van der Waals surface area contributed by atoms with E-state index < -0.39 is 0 Å². The minimum absolute atomic E-state index is 0.137. The second kappa shape index (κ2) is 7.99. The van der Waals surface area contributed by atoms with Crippen LogP contribution in [-0.2, 0) is 11.2 Å². The van der Waals surface area contributed by atoms with E-state index in [0.29, 0.717) is 11.3 Å². The molecule has 0 spiro atoms. The molecule has 0 aliphatic rings.